The van der Waals surface area contributed by atoms with E-state index in [2.05, 4.69) is 19.8 Å². The van der Waals surface area contributed by atoms with E-state index in [0.29, 0.717) is 11.9 Å². The molecule has 3 aliphatic rings. The molecular weight excluding hydrogens is 212 g/mol. The fourth-order valence-electron chi connectivity index (χ4n) is 2.49. The highest BCUT2D eigenvalue weighted by Crippen LogP contribution is 2.26. The van der Waals surface area contributed by atoms with Crippen LogP contribution in [0, 0.1) is 0 Å². The van der Waals surface area contributed by atoms with Gasteiger partial charge in [0, 0.05) is 44.6 Å². The number of hydrogen-bond donors (Lipinski definition) is 1. The van der Waals surface area contributed by atoms with Gasteiger partial charge in [0.2, 0.25) is 0 Å². The van der Waals surface area contributed by atoms with Crippen LogP contribution in [0.25, 0.3) is 0 Å². The second kappa shape index (κ2) is 3.77. The highest BCUT2D eigenvalue weighted by molar-refractivity contribution is 6.16. The zero-order valence-electron chi connectivity index (χ0n) is 8.62. The van der Waals surface area contributed by atoms with Gasteiger partial charge in [-0.15, -0.1) is 11.6 Å². The van der Waals surface area contributed by atoms with Crippen molar-refractivity contribution in [1.82, 2.24) is 19.8 Å². The van der Waals surface area contributed by atoms with Crippen molar-refractivity contribution in [3.8, 4) is 0 Å². The van der Waals surface area contributed by atoms with Crippen LogP contribution in [0.5, 0.6) is 0 Å². The van der Waals surface area contributed by atoms with Gasteiger partial charge >= 0.3 is 0 Å². The third-order valence-corrected chi connectivity index (χ3v) is 3.67. The maximum atomic E-state index is 5.76. The summed E-state index contributed by atoms with van der Waals surface area (Å²) in [6, 6.07) is 0.449. The molecule has 1 N–H and O–H groups in total. The van der Waals surface area contributed by atoms with Crippen molar-refractivity contribution >= 4 is 11.6 Å². The fourth-order valence-corrected chi connectivity index (χ4v) is 2.63. The number of hydrogen-bond acceptors (Lipinski definition) is 3. The molecule has 4 rings (SSSR count). The predicted octanol–water partition coefficient (Wildman–Crippen LogP) is 0.821. The molecule has 82 valence electrons. The van der Waals surface area contributed by atoms with Crippen molar-refractivity contribution in [3.63, 3.8) is 0 Å². The van der Waals surface area contributed by atoms with E-state index >= 15 is 0 Å². The number of H-pyrrole nitrogens is 1. The van der Waals surface area contributed by atoms with Gasteiger partial charge in [0.15, 0.2) is 0 Å². The Morgan fingerprint density at radius 1 is 1.40 bits per heavy atom. The molecule has 1 unspecified atom stereocenters. The lowest BCUT2D eigenvalue weighted by atomic mass is 10.1. The van der Waals surface area contributed by atoms with Crippen molar-refractivity contribution in [1.29, 1.82) is 0 Å². The van der Waals surface area contributed by atoms with Crippen molar-refractivity contribution in [2.75, 3.05) is 32.7 Å². The molecule has 2 bridgehead atoms. The zero-order valence-corrected chi connectivity index (χ0v) is 9.37. The van der Waals surface area contributed by atoms with Crippen LogP contribution < -0.4 is 0 Å². The molecule has 4 heterocycles. The van der Waals surface area contributed by atoms with E-state index < -0.39 is 0 Å². The second-order valence-corrected chi connectivity index (χ2v) is 4.55. The van der Waals surface area contributed by atoms with Crippen LogP contribution in [-0.4, -0.2) is 52.5 Å². The van der Waals surface area contributed by atoms with E-state index in [9.17, 15) is 0 Å². The largest absolute Gasteiger partial charge is 0.344 e. The maximum Gasteiger partial charge on any atom is 0.125 e. The number of alkyl halides is 1. The van der Waals surface area contributed by atoms with Crippen molar-refractivity contribution in [3.05, 3.63) is 17.7 Å². The van der Waals surface area contributed by atoms with E-state index in [1.165, 1.54) is 26.2 Å². The number of imidazole rings is 1. The van der Waals surface area contributed by atoms with Gasteiger partial charge in [0.05, 0.1) is 11.9 Å². The van der Waals surface area contributed by atoms with E-state index in [1.54, 1.807) is 0 Å². The first-order valence-electron chi connectivity index (χ1n) is 5.43. The Kier molecular flexibility index (Phi) is 2.42. The molecule has 4 nitrogen and oxygen atoms in total. The van der Waals surface area contributed by atoms with E-state index in [-0.39, 0.29) is 0 Å². The first-order valence-corrected chi connectivity index (χ1v) is 5.96. The Labute approximate surface area is 94.2 Å². The summed E-state index contributed by atoms with van der Waals surface area (Å²) in [5, 5.41) is 0. The molecule has 0 radical (unpaired) electrons. The van der Waals surface area contributed by atoms with E-state index in [4.69, 9.17) is 11.6 Å². The van der Waals surface area contributed by atoms with E-state index in [1.807, 2.05) is 6.20 Å². The lowest BCUT2D eigenvalue weighted by molar-refractivity contribution is 0.00896. The quantitative estimate of drug-likeness (QED) is 0.759. The van der Waals surface area contributed by atoms with Crippen LogP contribution in [0.2, 0.25) is 0 Å². The molecule has 3 saturated heterocycles. The van der Waals surface area contributed by atoms with Gasteiger partial charge < -0.3 is 4.98 Å². The van der Waals surface area contributed by atoms with E-state index in [0.717, 1.165) is 18.1 Å². The number of piperazine rings is 3. The summed E-state index contributed by atoms with van der Waals surface area (Å²) in [6.45, 7) is 5.86. The first-order chi connectivity index (χ1) is 7.36. The van der Waals surface area contributed by atoms with Crippen LogP contribution >= 0.6 is 11.6 Å². The summed E-state index contributed by atoms with van der Waals surface area (Å²) in [6.07, 6.45) is 1.85. The monoisotopic (exact) mass is 226 g/mol. The Bertz CT molecular complexity index is 343. The third-order valence-electron chi connectivity index (χ3n) is 3.39. The van der Waals surface area contributed by atoms with Crippen molar-refractivity contribution in [2.45, 2.75) is 11.9 Å². The summed E-state index contributed by atoms with van der Waals surface area (Å²) >= 11 is 5.76. The van der Waals surface area contributed by atoms with Crippen LogP contribution in [0.1, 0.15) is 17.6 Å². The molecule has 1 aromatic heterocycles. The van der Waals surface area contributed by atoms with Crippen LogP contribution in [0.15, 0.2) is 6.20 Å². The van der Waals surface area contributed by atoms with Gasteiger partial charge in [-0.05, 0) is 0 Å². The number of halogens is 1. The maximum absolute atomic E-state index is 5.76. The van der Waals surface area contributed by atoms with Gasteiger partial charge in [-0.1, -0.05) is 0 Å². The number of rotatable bonds is 2. The number of fused-ring (bicyclic) bond motifs is 3. The molecule has 5 heteroatoms. The summed E-state index contributed by atoms with van der Waals surface area (Å²) in [7, 11) is 0. The normalized spacial score (nSPS) is 34.6. The molecule has 0 spiro atoms. The first kappa shape index (κ1) is 9.63. The van der Waals surface area contributed by atoms with Crippen LogP contribution in [-0.2, 0) is 5.88 Å². The number of aromatic nitrogens is 2. The lowest BCUT2D eigenvalue weighted by Crippen LogP contribution is -2.57. The number of nitrogens with zero attached hydrogens (tertiary/aromatic N) is 3. The zero-order chi connectivity index (χ0) is 10.3. The molecule has 15 heavy (non-hydrogen) atoms. The summed E-state index contributed by atoms with van der Waals surface area (Å²) in [5.74, 6) is 1.60. The van der Waals surface area contributed by atoms with Crippen molar-refractivity contribution in [2.24, 2.45) is 0 Å². The SMILES string of the molecule is ClCc1cnc(C2CN3CCN2CC3)[nH]1. The van der Waals surface area contributed by atoms with Crippen LogP contribution in [0.4, 0.5) is 0 Å². The van der Waals surface area contributed by atoms with Gasteiger partial charge in [0.1, 0.15) is 5.82 Å². The molecule has 3 aliphatic heterocycles. The average Bonchev–Trinajstić information content (AvgIpc) is 2.79. The van der Waals surface area contributed by atoms with Gasteiger partial charge in [-0.2, -0.15) is 0 Å². The molecule has 0 saturated carbocycles. The van der Waals surface area contributed by atoms with Gasteiger partial charge in [-0.25, -0.2) is 4.98 Å². The third kappa shape index (κ3) is 1.67. The topological polar surface area (TPSA) is 35.2 Å². The van der Waals surface area contributed by atoms with Gasteiger partial charge in [0.25, 0.3) is 0 Å². The summed E-state index contributed by atoms with van der Waals surface area (Å²) < 4.78 is 0. The minimum absolute atomic E-state index is 0.449. The standard InChI is InChI=1S/C10H15ClN4/c11-5-8-6-12-10(13-8)9-7-14-1-3-15(9)4-2-14/h6,9H,1-5,7H2,(H,12,13). The van der Waals surface area contributed by atoms with Gasteiger partial charge in [-0.3, -0.25) is 9.80 Å². The summed E-state index contributed by atoms with van der Waals surface area (Å²) in [4.78, 5) is 12.7. The second-order valence-electron chi connectivity index (χ2n) is 4.28. The highest BCUT2D eigenvalue weighted by atomic mass is 35.5. The molecule has 0 aliphatic carbocycles. The molecule has 0 amide bonds. The predicted molar refractivity (Wildman–Crippen MR) is 58.9 cm³/mol. The Morgan fingerprint density at radius 2 is 2.20 bits per heavy atom. The highest BCUT2D eigenvalue weighted by Gasteiger charge is 2.34. The van der Waals surface area contributed by atoms with Crippen LogP contribution in [0.3, 0.4) is 0 Å². The molecule has 3 fully saturated rings. The molecule has 1 atom stereocenters. The fraction of sp³-hybridized carbons (Fsp3) is 0.700. The number of aromatic amines is 1. The average molecular weight is 227 g/mol. The summed E-state index contributed by atoms with van der Waals surface area (Å²) in [5.41, 5.74) is 1.02. The Balaban J connectivity index is 1.81. The number of nitrogens with one attached hydrogen (secondary N) is 1. The molecular formula is C10H15ClN4. The smallest absolute Gasteiger partial charge is 0.125 e. The minimum Gasteiger partial charge on any atom is -0.344 e. The molecule has 0 aromatic carbocycles. The molecule has 1 aromatic rings. The minimum atomic E-state index is 0.449. The Morgan fingerprint density at radius 3 is 2.73 bits per heavy atom. The van der Waals surface area contributed by atoms with Crippen molar-refractivity contribution < 1.29 is 0 Å². The Hall–Kier alpha value is -0.580. The lowest BCUT2D eigenvalue weighted by Gasteiger charge is -2.46.